The van der Waals surface area contributed by atoms with Crippen molar-refractivity contribution in [1.82, 2.24) is 9.88 Å². The summed E-state index contributed by atoms with van der Waals surface area (Å²) < 4.78 is 5.60. The Balaban J connectivity index is 2.04. The lowest BCUT2D eigenvalue weighted by Crippen LogP contribution is -2.43. The minimum Gasteiger partial charge on any atom is -0.390 e. The van der Waals surface area contributed by atoms with E-state index >= 15 is 0 Å². The van der Waals surface area contributed by atoms with Crippen molar-refractivity contribution >= 4 is 11.5 Å². The number of allylic oxidation sites excluding steroid dienone is 1. The monoisotopic (exact) mass is 326 g/mol. The van der Waals surface area contributed by atoms with E-state index in [9.17, 15) is 9.90 Å². The molecule has 3 rings (SSSR count). The van der Waals surface area contributed by atoms with E-state index in [1.807, 2.05) is 6.07 Å². The quantitative estimate of drug-likeness (QED) is 0.854. The maximum atomic E-state index is 12.5. The van der Waals surface area contributed by atoms with E-state index in [2.05, 4.69) is 22.7 Å². The van der Waals surface area contributed by atoms with Crippen LogP contribution in [0.15, 0.2) is 17.8 Å². The van der Waals surface area contributed by atoms with Crippen LogP contribution in [0.3, 0.4) is 0 Å². The van der Waals surface area contributed by atoms with Crippen molar-refractivity contribution in [2.75, 3.05) is 20.2 Å². The molecule has 0 spiro atoms. The molecule has 5 heteroatoms. The van der Waals surface area contributed by atoms with Crippen molar-refractivity contribution < 1.29 is 14.6 Å². The lowest BCUT2D eigenvalue weighted by atomic mass is 9.86. The predicted molar refractivity (Wildman–Crippen MR) is 90.8 cm³/mol. The third-order valence-corrected chi connectivity index (χ3v) is 5.10. The maximum absolute atomic E-state index is 12.5. The normalized spacial score (nSPS) is 19.9. The minimum atomic E-state index is -0.137. The van der Waals surface area contributed by atoms with Gasteiger partial charge in [0, 0.05) is 38.4 Å². The van der Waals surface area contributed by atoms with Gasteiger partial charge in [-0.05, 0) is 31.4 Å². The number of nitrogens with zero attached hydrogens (tertiary/aromatic N) is 2. The summed E-state index contributed by atoms with van der Waals surface area (Å²) in [6, 6.07) is 1.85. The lowest BCUT2D eigenvalue weighted by molar-refractivity contribution is -0.114. The Bertz CT molecular complexity index is 737. The number of likely N-dealkylation sites (tertiary alicyclic amines) is 1. The summed E-state index contributed by atoms with van der Waals surface area (Å²) in [4.78, 5) is 18.8. The summed E-state index contributed by atoms with van der Waals surface area (Å²) in [7, 11) is 1.74. The Morgan fingerprint density at radius 3 is 2.75 bits per heavy atom. The summed E-state index contributed by atoms with van der Waals surface area (Å²) in [5.74, 6) is 2.55. The van der Waals surface area contributed by atoms with Crippen LogP contribution in [-0.2, 0) is 22.6 Å². The van der Waals surface area contributed by atoms with Crippen LogP contribution in [0.5, 0.6) is 0 Å². The summed E-state index contributed by atoms with van der Waals surface area (Å²) in [6.07, 6.45) is 9.33. The molecular weight excluding hydrogens is 304 g/mol. The van der Waals surface area contributed by atoms with Crippen molar-refractivity contribution in [3.8, 4) is 12.3 Å². The fourth-order valence-electron chi connectivity index (χ4n) is 3.39. The zero-order chi connectivity index (χ0) is 17.3. The highest BCUT2D eigenvalue weighted by molar-refractivity contribution is 6.10. The van der Waals surface area contributed by atoms with E-state index in [-0.39, 0.29) is 24.4 Å². The Morgan fingerprint density at radius 1 is 1.46 bits per heavy atom. The summed E-state index contributed by atoms with van der Waals surface area (Å²) in [5, 5.41) is 9.40. The predicted octanol–water partition coefficient (Wildman–Crippen LogP) is 1.54. The van der Waals surface area contributed by atoms with Crippen LogP contribution >= 0.6 is 0 Å². The van der Waals surface area contributed by atoms with Crippen LogP contribution < -0.4 is 0 Å². The number of rotatable bonds is 3. The third kappa shape index (κ3) is 2.83. The SMILES string of the molecule is C#CC1=C(N2CCC(C)(OC)CC2)c2cc(CO)ncc2CC1=O. The second kappa shape index (κ2) is 6.39. The number of terminal acetylenes is 1. The first kappa shape index (κ1) is 16.7. The number of Topliss-reactive ketones (excluding diaryl/α,β-unsaturated/α-hetero) is 1. The van der Waals surface area contributed by atoms with Gasteiger partial charge in [-0.25, -0.2) is 0 Å². The van der Waals surface area contributed by atoms with Gasteiger partial charge in [0.1, 0.15) is 0 Å². The van der Waals surface area contributed by atoms with Crippen LogP contribution in [0.25, 0.3) is 5.70 Å². The number of piperidine rings is 1. The van der Waals surface area contributed by atoms with Gasteiger partial charge in [-0.15, -0.1) is 6.42 Å². The molecule has 1 saturated heterocycles. The fourth-order valence-corrected chi connectivity index (χ4v) is 3.39. The van der Waals surface area contributed by atoms with Gasteiger partial charge in [0.15, 0.2) is 5.78 Å². The molecule has 126 valence electrons. The highest BCUT2D eigenvalue weighted by atomic mass is 16.5. The molecule has 5 nitrogen and oxygen atoms in total. The first-order valence-electron chi connectivity index (χ1n) is 8.14. The van der Waals surface area contributed by atoms with E-state index in [0.717, 1.165) is 42.8 Å². The standard InChI is InChI=1S/C19H22N2O3/c1-4-15-17(23)9-13-11-20-14(12-22)10-16(13)18(15)21-7-5-19(2,24-3)6-8-21/h1,10-11,22H,5-9,12H2,2-3H3. The van der Waals surface area contributed by atoms with Crippen molar-refractivity contribution in [2.24, 2.45) is 0 Å². The fraction of sp³-hybridized carbons (Fsp3) is 0.474. The Labute approximate surface area is 142 Å². The molecule has 0 unspecified atom stereocenters. The number of aromatic nitrogens is 1. The van der Waals surface area contributed by atoms with Crippen LogP contribution in [-0.4, -0.2) is 46.6 Å². The summed E-state index contributed by atoms with van der Waals surface area (Å²) in [5.41, 5.74) is 3.46. The van der Waals surface area contributed by atoms with Crippen LogP contribution in [0.4, 0.5) is 0 Å². The van der Waals surface area contributed by atoms with Crippen LogP contribution in [0.1, 0.15) is 36.6 Å². The number of fused-ring (bicyclic) bond motifs is 1. The number of hydrogen-bond donors (Lipinski definition) is 1. The highest BCUT2D eigenvalue weighted by Gasteiger charge is 2.34. The highest BCUT2D eigenvalue weighted by Crippen LogP contribution is 2.36. The Kier molecular flexibility index (Phi) is 4.44. The van der Waals surface area contributed by atoms with Gasteiger partial charge in [0.05, 0.1) is 29.2 Å². The van der Waals surface area contributed by atoms with Gasteiger partial charge in [0.25, 0.3) is 0 Å². The van der Waals surface area contributed by atoms with E-state index < -0.39 is 0 Å². The van der Waals surface area contributed by atoms with E-state index in [4.69, 9.17) is 11.2 Å². The second-order valence-electron chi connectivity index (χ2n) is 6.60. The Morgan fingerprint density at radius 2 is 2.17 bits per heavy atom. The van der Waals surface area contributed by atoms with Gasteiger partial charge < -0.3 is 14.7 Å². The van der Waals surface area contributed by atoms with Gasteiger partial charge in [0.2, 0.25) is 0 Å². The molecule has 0 aromatic carbocycles. The molecule has 2 heterocycles. The molecule has 0 radical (unpaired) electrons. The first-order valence-corrected chi connectivity index (χ1v) is 8.14. The number of pyridine rings is 1. The summed E-state index contributed by atoms with van der Waals surface area (Å²) >= 11 is 0. The Hall–Kier alpha value is -2.16. The van der Waals surface area contributed by atoms with E-state index in [1.54, 1.807) is 13.3 Å². The maximum Gasteiger partial charge on any atom is 0.177 e. The van der Waals surface area contributed by atoms with Gasteiger partial charge in [-0.3, -0.25) is 9.78 Å². The van der Waals surface area contributed by atoms with E-state index in [1.165, 1.54) is 0 Å². The van der Waals surface area contributed by atoms with Crippen molar-refractivity contribution in [1.29, 1.82) is 0 Å². The minimum absolute atomic E-state index is 0.0429. The number of ether oxygens (including phenoxy) is 1. The zero-order valence-corrected chi connectivity index (χ0v) is 14.1. The smallest absolute Gasteiger partial charge is 0.177 e. The van der Waals surface area contributed by atoms with Gasteiger partial charge in [-0.2, -0.15) is 0 Å². The molecule has 2 aliphatic rings. The van der Waals surface area contributed by atoms with Crippen LogP contribution in [0.2, 0.25) is 0 Å². The molecule has 1 aliphatic heterocycles. The summed E-state index contributed by atoms with van der Waals surface area (Å²) in [6.45, 7) is 3.51. The molecule has 24 heavy (non-hydrogen) atoms. The first-order chi connectivity index (χ1) is 11.5. The molecule has 1 aromatic heterocycles. The number of aliphatic hydroxyl groups excluding tert-OH is 1. The number of methoxy groups -OCH3 is 1. The van der Waals surface area contributed by atoms with Crippen LogP contribution in [0, 0.1) is 12.3 Å². The van der Waals surface area contributed by atoms with E-state index in [0.29, 0.717) is 11.3 Å². The molecule has 0 atom stereocenters. The molecule has 0 amide bonds. The topological polar surface area (TPSA) is 62.7 Å². The molecule has 1 N–H and O–H groups in total. The van der Waals surface area contributed by atoms with Gasteiger partial charge >= 0.3 is 0 Å². The number of hydrogen-bond acceptors (Lipinski definition) is 5. The zero-order valence-electron chi connectivity index (χ0n) is 14.1. The molecular formula is C19H22N2O3. The number of ketones is 1. The average Bonchev–Trinajstić information content (AvgIpc) is 2.61. The lowest BCUT2D eigenvalue weighted by Gasteiger charge is -2.41. The molecule has 1 fully saturated rings. The molecule has 1 aliphatic carbocycles. The third-order valence-electron chi connectivity index (χ3n) is 5.10. The number of carbonyl (C=O) groups excluding carboxylic acids is 1. The number of aliphatic hydroxyl groups is 1. The largest absolute Gasteiger partial charge is 0.390 e. The molecule has 0 bridgehead atoms. The number of carbonyl (C=O) groups is 1. The molecule has 1 aromatic rings. The molecule has 0 saturated carbocycles. The van der Waals surface area contributed by atoms with Gasteiger partial charge in [-0.1, -0.05) is 5.92 Å². The van der Waals surface area contributed by atoms with Crippen molar-refractivity contribution in [3.05, 3.63) is 34.7 Å². The van der Waals surface area contributed by atoms with Crippen molar-refractivity contribution in [2.45, 2.75) is 38.4 Å². The average molecular weight is 326 g/mol. The second-order valence-corrected chi connectivity index (χ2v) is 6.60. The van der Waals surface area contributed by atoms with Crippen molar-refractivity contribution in [3.63, 3.8) is 0 Å².